The average Bonchev–Trinajstić information content (AvgIpc) is 2.55. The third-order valence-corrected chi connectivity index (χ3v) is 3.67. The van der Waals surface area contributed by atoms with Gasteiger partial charge in [0.25, 0.3) is 0 Å². The van der Waals surface area contributed by atoms with E-state index in [2.05, 4.69) is 5.32 Å². The minimum atomic E-state index is -0.714. The zero-order chi connectivity index (χ0) is 12.5. The molecule has 0 aliphatic carbocycles. The van der Waals surface area contributed by atoms with E-state index in [4.69, 9.17) is 0 Å². The molecule has 1 saturated heterocycles. The first-order valence-corrected chi connectivity index (χ1v) is 6.01. The summed E-state index contributed by atoms with van der Waals surface area (Å²) < 4.78 is 0. The van der Waals surface area contributed by atoms with Crippen LogP contribution in [0.2, 0.25) is 0 Å². The van der Waals surface area contributed by atoms with E-state index < -0.39 is 5.41 Å². The molecule has 0 saturated carbocycles. The van der Waals surface area contributed by atoms with Gasteiger partial charge in [-0.05, 0) is 18.9 Å². The summed E-state index contributed by atoms with van der Waals surface area (Å²) in [4.78, 5) is 23.9. The summed E-state index contributed by atoms with van der Waals surface area (Å²) in [5.41, 5.74) is 0.204. The van der Waals surface area contributed by atoms with Crippen LogP contribution in [0.15, 0.2) is 30.3 Å². The summed E-state index contributed by atoms with van der Waals surface area (Å²) >= 11 is 0. The largest absolute Gasteiger partial charge is 0.295 e. The van der Waals surface area contributed by atoms with Gasteiger partial charge in [-0.2, -0.15) is 0 Å². The second kappa shape index (κ2) is 4.32. The van der Waals surface area contributed by atoms with E-state index in [-0.39, 0.29) is 17.7 Å². The lowest BCUT2D eigenvalue weighted by molar-refractivity contribution is -0.126. The molecule has 2 rings (SSSR count). The molecule has 2 atom stereocenters. The van der Waals surface area contributed by atoms with Crippen LogP contribution in [-0.4, -0.2) is 11.8 Å². The summed E-state index contributed by atoms with van der Waals surface area (Å²) in [6.45, 7) is 3.89. The highest BCUT2D eigenvalue weighted by atomic mass is 16.2. The molecular weight excluding hydrogens is 214 g/mol. The van der Waals surface area contributed by atoms with Crippen LogP contribution in [-0.2, 0) is 15.0 Å². The number of amides is 2. The molecule has 2 amide bonds. The van der Waals surface area contributed by atoms with Gasteiger partial charge in [0.15, 0.2) is 0 Å². The van der Waals surface area contributed by atoms with Crippen molar-refractivity contribution in [2.45, 2.75) is 32.1 Å². The molecule has 0 bridgehead atoms. The number of hydrogen-bond acceptors (Lipinski definition) is 2. The van der Waals surface area contributed by atoms with Crippen LogP contribution in [0.3, 0.4) is 0 Å². The minimum absolute atomic E-state index is 0.136. The van der Waals surface area contributed by atoms with E-state index >= 15 is 0 Å². The number of carbonyl (C=O) groups is 2. The number of imide groups is 1. The zero-order valence-corrected chi connectivity index (χ0v) is 10.2. The molecule has 17 heavy (non-hydrogen) atoms. The van der Waals surface area contributed by atoms with Gasteiger partial charge in [-0.15, -0.1) is 0 Å². The van der Waals surface area contributed by atoms with Gasteiger partial charge in [0.05, 0.1) is 11.3 Å². The van der Waals surface area contributed by atoms with Crippen LogP contribution < -0.4 is 5.32 Å². The number of rotatable bonds is 3. The topological polar surface area (TPSA) is 46.2 Å². The average molecular weight is 231 g/mol. The molecule has 1 aromatic rings. The van der Waals surface area contributed by atoms with Crippen molar-refractivity contribution in [2.24, 2.45) is 5.92 Å². The lowest BCUT2D eigenvalue weighted by Crippen LogP contribution is -2.36. The van der Waals surface area contributed by atoms with E-state index in [1.165, 1.54) is 0 Å². The molecule has 0 spiro atoms. The van der Waals surface area contributed by atoms with Gasteiger partial charge in [0.2, 0.25) is 11.8 Å². The summed E-state index contributed by atoms with van der Waals surface area (Å²) in [5, 5.41) is 2.46. The minimum Gasteiger partial charge on any atom is -0.295 e. The van der Waals surface area contributed by atoms with E-state index in [1.54, 1.807) is 0 Å². The highest BCUT2D eigenvalue weighted by Gasteiger charge is 2.52. The Bertz CT molecular complexity index is 441. The Kier molecular flexibility index (Phi) is 3.01. The quantitative estimate of drug-likeness (QED) is 0.809. The first-order chi connectivity index (χ1) is 8.10. The molecule has 1 N–H and O–H groups in total. The molecule has 90 valence electrons. The van der Waals surface area contributed by atoms with Crippen molar-refractivity contribution in [3.05, 3.63) is 35.9 Å². The standard InChI is InChI=1S/C14H17NO2/c1-3-7-11-12(16)15-13(17)14(11,2)10-8-5-4-6-9-10/h4-6,8-9,11H,3,7H2,1-2H3,(H,15,16,17)/t11-,14+/m1/s1. The number of hydrogen-bond donors (Lipinski definition) is 1. The van der Waals surface area contributed by atoms with Gasteiger partial charge in [-0.25, -0.2) is 0 Å². The van der Waals surface area contributed by atoms with Crippen LogP contribution in [0, 0.1) is 5.92 Å². The summed E-state index contributed by atoms with van der Waals surface area (Å²) in [6, 6.07) is 9.55. The lowest BCUT2D eigenvalue weighted by atomic mass is 9.72. The molecule has 0 aromatic heterocycles. The molecular formula is C14H17NO2. The molecule has 1 aliphatic heterocycles. The highest BCUT2D eigenvalue weighted by molar-refractivity contribution is 6.10. The van der Waals surface area contributed by atoms with Crippen molar-refractivity contribution in [2.75, 3.05) is 0 Å². The Hall–Kier alpha value is -1.64. The fourth-order valence-electron chi connectivity index (χ4n) is 2.57. The van der Waals surface area contributed by atoms with E-state index in [0.29, 0.717) is 0 Å². The maximum absolute atomic E-state index is 12.1. The predicted octanol–water partition coefficient (Wildman–Crippen LogP) is 2.02. The van der Waals surface area contributed by atoms with Crippen LogP contribution in [0.1, 0.15) is 32.3 Å². The maximum Gasteiger partial charge on any atom is 0.237 e. The Morgan fingerprint density at radius 1 is 1.24 bits per heavy atom. The van der Waals surface area contributed by atoms with E-state index in [1.807, 2.05) is 44.2 Å². The van der Waals surface area contributed by atoms with Crippen molar-refractivity contribution in [1.29, 1.82) is 0 Å². The molecule has 0 unspecified atom stereocenters. The smallest absolute Gasteiger partial charge is 0.237 e. The second-order valence-corrected chi connectivity index (χ2v) is 4.73. The Morgan fingerprint density at radius 3 is 2.47 bits per heavy atom. The first kappa shape index (κ1) is 11.8. The molecule has 1 aliphatic rings. The van der Waals surface area contributed by atoms with Crippen molar-refractivity contribution in [3.63, 3.8) is 0 Å². The highest BCUT2D eigenvalue weighted by Crippen LogP contribution is 2.39. The van der Waals surface area contributed by atoms with Crippen molar-refractivity contribution < 1.29 is 9.59 Å². The van der Waals surface area contributed by atoms with Crippen LogP contribution >= 0.6 is 0 Å². The number of carbonyl (C=O) groups excluding carboxylic acids is 2. The van der Waals surface area contributed by atoms with Gasteiger partial charge in [0.1, 0.15) is 0 Å². The Labute approximate surface area is 101 Å². The van der Waals surface area contributed by atoms with Gasteiger partial charge < -0.3 is 0 Å². The molecule has 1 aromatic carbocycles. The third-order valence-electron chi connectivity index (χ3n) is 3.67. The molecule has 3 nitrogen and oxygen atoms in total. The predicted molar refractivity (Wildman–Crippen MR) is 65.3 cm³/mol. The molecule has 3 heteroatoms. The van der Waals surface area contributed by atoms with E-state index in [0.717, 1.165) is 18.4 Å². The lowest BCUT2D eigenvalue weighted by Gasteiger charge is -2.27. The van der Waals surface area contributed by atoms with Gasteiger partial charge in [-0.3, -0.25) is 14.9 Å². The zero-order valence-electron chi connectivity index (χ0n) is 10.2. The molecule has 1 heterocycles. The van der Waals surface area contributed by atoms with Crippen LogP contribution in [0.25, 0.3) is 0 Å². The van der Waals surface area contributed by atoms with Gasteiger partial charge in [-0.1, -0.05) is 43.7 Å². The van der Waals surface area contributed by atoms with E-state index in [9.17, 15) is 9.59 Å². The van der Waals surface area contributed by atoms with Gasteiger partial charge >= 0.3 is 0 Å². The Balaban J connectivity index is 2.46. The van der Waals surface area contributed by atoms with Crippen molar-refractivity contribution in [3.8, 4) is 0 Å². The molecule has 1 fully saturated rings. The third kappa shape index (κ3) is 1.75. The monoisotopic (exact) mass is 231 g/mol. The van der Waals surface area contributed by atoms with Crippen molar-refractivity contribution in [1.82, 2.24) is 5.32 Å². The van der Waals surface area contributed by atoms with Gasteiger partial charge in [0, 0.05) is 0 Å². The summed E-state index contributed by atoms with van der Waals surface area (Å²) in [6.07, 6.45) is 1.64. The second-order valence-electron chi connectivity index (χ2n) is 4.73. The fourth-order valence-corrected chi connectivity index (χ4v) is 2.57. The first-order valence-electron chi connectivity index (χ1n) is 6.01. The number of benzene rings is 1. The van der Waals surface area contributed by atoms with Crippen LogP contribution in [0.5, 0.6) is 0 Å². The molecule has 0 radical (unpaired) electrons. The van der Waals surface area contributed by atoms with Crippen molar-refractivity contribution >= 4 is 11.8 Å². The summed E-state index contributed by atoms with van der Waals surface area (Å²) in [7, 11) is 0. The SMILES string of the molecule is CCC[C@@H]1C(=O)NC(=O)[C@@]1(C)c1ccccc1. The normalized spacial score (nSPS) is 28.2. The maximum atomic E-state index is 12.1. The summed E-state index contributed by atoms with van der Waals surface area (Å²) in [5.74, 6) is -0.558. The van der Waals surface area contributed by atoms with Crippen LogP contribution in [0.4, 0.5) is 0 Å². The number of nitrogens with one attached hydrogen (secondary N) is 1. The fraction of sp³-hybridized carbons (Fsp3) is 0.429. The Morgan fingerprint density at radius 2 is 1.88 bits per heavy atom.